The van der Waals surface area contributed by atoms with Crippen molar-refractivity contribution in [1.29, 1.82) is 0 Å². The molecule has 6 nitrogen and oxygen atoms in total. The number of hydrogen-bond acceptors (Lipinski definition) is 4. The van der Waals surface area contributed by atoms with E-state index >= 15 is 0 Å². The van der Waals surface area contributed by atoms with Crippen LogP contribution in [0.25, 0.3) is 0 Å². The summed E-state index contributed by atoms with van der Waals surface area (Å²) in [7, 11) is 0. The highest BCUT2D eigenvalue weighted by Gasteiger charge is 2.22. The third-order valence-electron chi connectivity index (χ3n) is 4.33. The molecule has 0 spiro atoms. The van der Waals surface area contributed by atoms with Gasteiger partial charge in [-0.2, -0.15) is 0 Å². The van der Waals surface area contributed by atoms with Crippen LogP contribution in [0.1, 0.15) is 52.2 Å². The molecule has 1 fully saturated rings. The zero-order chi connectivity index (χ0) is 19.2. The fourth-order valence-electron chi connectivity index (χ4n) is 2.85. The van der Waals surface area contributed by atoms with Gasteiger partial charge in [0.1, 0.15) is 12.3 Å². The van der Waals surface area contributed by atoms with Gasteiger partial charge >= 0.3 is 0 Å². The third kappa shape index (κ3) is 6.55. The fourth-order valence-corrected chi connectivity index (χ4v) is 2.85. The van der Waals surface area contributed by atoms with Crippen molar-refractivity contribution >= 4 is 5.96 Å². The van der Waals surface area contributed by atoms with E-state index in [1.807, 2.05) is 11.8 Å². The Morgan fingerprint density at radius 3 is 2.62 bits per heavy atom. The number of nitrogens with zero attached hydrogens (tertiary/aromatic N) is 3. The van der Waals surface area contributed by atoms with Gasteiger partial charge in [0.25, 0.3) is 6.43 Å². The van der Waals surface area contributed by atoms with Crippen molar-refractivity contribution in [1.82, 2.24) is 20.5 Å². The first kappa shape index (κ1) is 20.6. The van der Waals surface area contributed by atoms with E-state index in [9.17, 15) is 8.78 Å². The first-order chi connectivity index (χ1) is 12.3. The van der Waals surface area contributed by atoms with Crippen LogP contribution in [-0.4, -0.2) is 54.5 Å². The third-order valence-corrected chi connectivity index (χ3v) is 4.33. The standard InChI is InChI=1S/C18H31F2N5O/c1-5-21-17(23-11-16-22-10-14(26-16)18(2,3)4)24-13-6-8-25(9-7-13)12-15(19)20/h10,13,15H,5-9,11-12H2,1-4H3,(H2,21,23,24). The molecule has 0 radical (unpaired) electrons. The molecule has 1 aromatic rings. The molecule has 2 rings (SSSR count). The normalized spacial score (nSPS) is 17.7. The van der Waals surface area contributed by atoms with Gasteiger partial charge in [-0.1, -0.05) is 20.8 Å². The molecule has 0 saturated carbocycles. The molecular formula is C18H31F2N5O. The van der Waals surface area contributed by atoms with Crippen molar-refractivity contribution in [2.24, 2.45) is 4.99 Å². The van der Waals surface area contributed by atoms with Crippen molar-refractivity contribution in [3.8, 4) is 0 Å². The van der Waals surface area contributed by atoms with E-state index in [0.717, 1.165) is 25.1 Å². The van der Waals surface area contributed by atoms with Crippen molar-refractivity contribution < 1.29 is 13.2 Å². The van der Waals surface area contributed by atoms with Crippen LogP contribution in [0.3, 0.4) is 0 Å². The molecule has 0 aliphatic carbocycles. The Bertz CT molecular complexity index is 574. The predicted molar refractivity (Wildman–Crippen MR) is 98.6 cm³/mol. The summed E-state index contributed by atoms with van der Waals surface area (Å²) in [4.78, 5) is 10.7. The summed E-state index contributed by atoms with van der Waals surface area (Å²) >= 11 is 0. The number of aromatic nitrogens is 1. The fraction of sp³-hybridized carbons (Fsp3) is 0.778. The van der Waals surface area contributed by atoms with Crippen molar-refractivity contribution in [2.75, 3.05) is 26.2 Å². The van der Waals surface area contributed by atoms with E-state index in [0.29, 0.717) is 31.5 Å². The lowest BCUT2D eigenvalue weighted by molar-refractivity contribution is 0.0744. The first-order valence-electron chi connectivity index (χ1n) is 9.28. The zero-order valence-electron chi connectivity index (χ0n) is 16.2. The summed E-state index contributed by atoms with van der Waals surface area (Å²) in [6.07, 6.45) is 1.13. The molecule has 1 saturated heterocycles. The lowest BCUT2D eigenvalue weighted by atomic mass is 9.94. The number of aliphatic imine (C=N–C) groups is 1. The van der Waals surface area contributed by atoms with Crippen LogP contribution in [0.5, 0.6) is 0 Å². The van der Waals surface area contributed by atoms with E-state index in [2.05, 4.69) is 41.4 Å². The van der Waals surface area contributed by atoms with Crippen molar-refractivity contribution in [3.05, 3.63) is 17.8 Å². The van der Waals surface area contributed by atoms with Crippen LogP contribution in [0, 0.1) is 0 Å². The Balaban J connectivity index is 1.88. The SMILES string of the molecule is CCNC(=NCc1ncc(C(C)(C)C)o1)NC1CCN(CC(F)F)CC1. The van der Waals surface area contributed by atoms with E-state index < -0.39 is 6.43 Å². The Hall–Kier alpha value is -1.70. The number of guanidine groups is 1. The molecule has 8 heteroatoms. The smallest absolute Gasteiger partial charge is 0.251 e. The predicted octanol–water partition coefficient (Wildman–Crippen LogP) is 2.76. The van der Waals surface area contributed by atoms with Crippen LogP contribution in [0.2, 0.25) is 0 Å². The van der Waals surface area contributed by atoms with Gasteiger partial charge in [0.2, 0.25) is 5.89 Å². The zero-order valence-corrected chi connectivity index (χ0v) is 16.2. The molecule has 26 heavy (non-hydrogen) atoms. The van der Waals surface area contributed by atoms with Crippen LogP contribution in [0.4, 0.5) is 8.78 Å². The highest BCUT2D eigenvalue weighted by atomic mass is 19.3. The van der Waals surface area contributed by atoms with Crippen LogP contribution >= 0.6 is 0 Å². The number of hydrogen-bond donors (Lipinski definition) is 2. The number of halogens is 2. The van der Waals surface area contributed by atoms with Gasteiger partial charge in [-0.3, -0.25) is 4.90 Å². The molecule has 1 aliphatic rings. The topological polar surface area (TPSA) is 65.7 Å². The van der Waals surface area contributed by atoms with Gasteiger partial charge in [-0.25, -0.2) is 18.8 Å². The average Bonchev–Trinajstić information content (AvgIpc) is 3.03. The number of piperidine rings is 1. The minimum absolute atomic E-state index is 0.0795. The summed E-state index contributed by atoms with van der Waals surface area (Å²) in [5.74, 6) is 2.13. The summed E-state index contributed by atoms with van der Waals surface area (Å²) in [6, 6.07) is 0.233. The molecule has 0 aromatic carbocycles. The van der Waals surface area contributed by atoms with Gasteiger partial charge in [0.05, 0.1) is 12.7 Å². The van der Waals surface area contributed by atoms with Crippen molar-refractivity contribution in [2.45, 2.75) is 65.0 Å². The second-order valence-electron chi connectivity index (χ2n) is 7.67. The Labute approximate surface area is 154 Å². The largest absolute Gasteiger partial charge is 0.443 e. The van der Waals surface area contributed by atoms with Crippen LogP contribution < -0.4 is 10.6 Å². The van der Waals surface area contributed by atoms with Gasteiger partial charge in [0.15, 0.2) is 5.96 Å². The molecule has 2 heterocycles. The molecule has 1 aliphatic heterocycles. The lowest BCUT2D eigenvalue weighted by Crippen LogP contribution is -2.49. The van der Waals surface area contributed by atoms with Gasteiger partial charge < -0.3 is 15.1 Å². The molecular weight excluding hydrogens is 340 g/mol. The van der Waals surface area contributed by atoms with Crippen LogP contribution in [0.15, 0.2) is 15.6 Å². The molecule has 0 bridgehead atoms. The summed E-state index contributed by atoms with van der Waals surface area (Å²) in [5, 5.41) is 6.61. The van der Waals surface area contributed by atoms with Crippen molar-refractivity contribution in [3.63, 3.8) is 0 Å². The average molecular weight is 371 g/mol. The van der Waals surface area contributed by atoms with Gasteiger partial charge in [-0.15, -0.1) is 0 Å². The molecule has 1 aromatic heterocycles. The van der Waals surface area contributed by atoms with E-state index in [1.54, 1.807) is 6.20 Å². The quantitative estimate of drug-likeness (QED) is 0.595. The van der Waals surface area contributed by atoms with E-state index in [4.69, 9.17) is 4.42 Å². The van der Waals surface area contributed by atoms with Crippen LogP contribution in [-0.2, 0) is 12.0 Å². The number of rotatable bonds is 6. The number of nitrogens with one attached hydrogen (secondary N) is 2. The van der Waals surface area contributed by atoms with Gasteiger partial charge in [0, 0.05) is 31.1 Å². The Morgan fingerprint density at radius 2 is 2.08 bits per heavy atom. The number of alkyl halides is 2. The summed E-state index contributed by atoms with van der Waals surface area (Å²) < 4.78 is 30.7. The molecule has 148 valence electrons. The highest BCUT2D eigenvalue weighted by Crippen LogP contribution is 2.22. The number of likely N-dealkylation sites (tertiary alicyclic amines) is 1. The monoisotopic (exact) mass is 371 g/mol. The number of oxazole rings is 1. The Morgan fingerprint density at radius 1 is 1.38 bits per heavy atom. The summed E-state index contributed by atoms with van der Waals surface area (Å²) in [5.41, 5.74) is -0.0795. The molecule has 0 atom stereocenters. The lowest BCUT2D eigenvalue weighted by Gasteiger charge is -2.32. The van der Waals surface area contributed by atoms with E-state index in [1.165, 1.54) is 0 Å². The minimum atomic E-state index is -2.27. The van der Waals surface area contributed by atoms with E-state index in [-0.39, 0.29) is 18.0 Å². The minimum Gasteiger partial charge on any atom is -0.443 e. The Kier molecular flexibility index (Phi) is 7.37. The first-order valence-corrected chi connectivity index (χ1v) is 9.28. The molecule has 2 N–H and O–H groups in total. The second kappa shape index (κ2) is 9.30. The maximum Gasteiger partial charge on any atom is 0.251 e. The maximum atomic E-state index is 12.5. The van der Waals surface area contributed by atoms with Gasteiger partial charge in [-0.05, 0) is 19.8 Å². The maximum absolute atomic E-state index is 12.5. The molecule has 0 amide bonds. The molecule has 0 unspecified atom stereocenters. The second-order valence-corrected chi connectivity index (χ2v) is 7.67. The highest BCUT2D eigenvalue weighted by molar-refractivity contribution is 5.80. The summed E-state index contributed by atoms with van der Waals surface area (Å²) in [6.45, 7) is 10.6.